The molecule has 0 bridgehead atoms. The number of nitrogens with zero attached hydrogens (tertiary/aromatic N) is 1. The fourth-order valence-electron chi connectivity index (χ4n) is 3.31. The van der Waals surface area contributed by atoms with Crippen LogP contribution in [0.25, 0.3) is 6.08 Å². The first kappa shape index (κ1) is 17.3. The van der Waals surface area contributed by atoms with Crippen molar-refractivity contribution in [3.05, 3.63) is 71.8 Å². The van der Waals surface area contributed by atoms with Crippen LogP contribution in [0.1, 0.15) is 36.5 Å². The van der Waals surface area contributed by atoms with Gasteiger partial charge in [-0.25, -0.2) is 0 Å². The fraction of sp³-hybridized carbons (Fsp3) is 0.318. The van der Waals surface area contributed by atoms with E-state index in [4.69, 9.17) is 4.74 Å². The molecule has 130 valence electrons. The molecule has 0 aromatic heterocycles. The Labute approximate surface area is 149 Å². The molecule has 0 aliphatic carbocycles. The Hall–Kier alpha value is -2.55. The SMILES string of the molecule is C=Cc1ccc(OCc2ccccc2)c(CC(=O)N2CCCC2C)c1. The molecule has 2 aromatic carbocycles. The third kappa shape index (κ3) is 4.30. The number of ether oxygens (including phenoxy) is 1. The Morgan fingerprint density at radius 2 is 2.08 bits per heavy atom. The Bertz CT molecular complexity index is 739. The van der Waals surface area contributed by atoms with Crippen LogP contribution < -0.4 is 4.74 Å². The van der Waals surface area contributed by atoms with Crippen LogP contribution in [0.3, 0.4) is 0 Å². The van der Waals surface area contributed by atoms with Gasteiger partial charge in [-0.1, -0.05) is 49.1 Å². The van der Waals surface area contributed by atoms with E-state index >= 15 is 0 Å². The van der Waals surface area contributed by atoms with Crippen molar-refractivity contribution >= 4 is 12.0 Å². The number of amides is 1. The van der Waals surface area contributed by atoms with Crippen LogP contribution in [0.2, 0.25) is 0 Å². The van der Waals surface area contributed by atoms with Gasteiger partial charge in [0.2, 0.25) is 5.91 Å². The predicted molar refractivity (Wildman–Crippen MR) is 101 cm³/mol. The molecule has 1 heterocycles. The molecule has 2 aromatic rings. The van der Waals surface area contributed by atoms with Crippen LogP contribution in [0.5, 0.6) is 5.75 Å². The van der Waals surface area contributed by atoms with Crippen molar-refractivity contribution in [2.45, 2.75) is 38.8 Å². The molecule has 1 aliphatic heterocycles. The number of benzene rings is 2. The standard InChI is InChI=1S/C22H25NO2/c1-3-18-11-12-21(25-16-19-9-5-4-6-10-19)20(14-18)15-22(24)23-13-7-8-17(23)2/h3-6,9-12,14,17H,1,7-8,13,15-16H2,2H3. The van der Waals surface area contributed by atoms with Crippen molar-refractivity contribution in [3.63, 3.8) is 0 Å². The van der Waals surface area contributed by atoms with Gasteiger partial charge in [0.15, 0.2) is 0 Å². The van der Waals surface area contributed by atoms with Crippen LogP contribution in [-0.2, 0) is 17.8 Å². The summed E-state index contributed by atoms with van der Waals surface area (Å²) in [5, 5.41) is 0. The molecule has 0 N–H and O–H groups in total. The lowest BCUT2D eigenvalue weighted by Gasteiger charge is -2.22. The molecule has 0 saturated carbocycles. The lowest BCUT2D eigenvalue weighted by Crippen LogP contribution is -2.34. The molecule has 1 fully saturated rings. The largest absolute Gasteiger partial charge is 0.489 e. The minimum Gasteiger partial charge on any atom is -0.489 e. The van der Waals surface area contributed by atoms with E-state index in [9.17, 15) is 4.79 Å². The molecule has 25 heavy (non-hydrogen) atoms. The topological polar surface area (TPSA) is 29.5 Å². The molecular formula is C22H25NO2. The quantitative estimate of drug-likeness (QED) is 0.780. The Morgan fingerprint density at radius 3 is 2.76 bits per heavy atom. The highest BCUT2D eigenvalue weighted by molar-refractivity contribution is 5.80. The number of hydrogen-bond donors (Lipinski definition) is 0. The summed E-state index contributed by atoms with van der Waals surface area (Å²) in [5.74, 6) is 0.949. The zero-order valence-electron chi connectivity index (χ0n) is 14.8. The lowest BCUT2D eigenvalue weighted by molar-refractivity contribution is -0.131. The van der Waals surface area contributed by atoms with Crippen molar-refractivity contribution in [1.82, 2.24) is 4.90 Å². The summed E-state index contributed by atoms with van der Waals surface area (Å²) < 4.78 is 6.01. The van der Waals surface area contributed by atoms with Gasteiger partial charge in [-0.05, 0) is 43.0 Å². The van der Waals surface area contributed by atoms with Crippen LogP contribution in [-0.4, -0.2) is 23.4 Å². The van der Waals surface area contributed by atoms with Crippen molar-refractivity contribution < 1.29 is 9.53 Å². The maximum absolute atomic E-state index is 12.7. The van der Waals surface area contributed by atoms with E-state index in [1.807, 2.05) is 53.4 Å². The number of rotatable bonds is 6. The molecule has 0 spiro atoms. The summed E-state index contributed by atoms with van der Waals surface area (Å²) in [6, 6.07) is 16.3. The summed E-state index contributed by atoms with van der Waals surface area (Å²) in [7, 11) is 0. The Balaban J connectivity index is 1.76. The van der Waals surface area contributed by atoms with Gasteiger partial charge in [0.05, 0.1) is 6.42 Å². The highest BCUT2D eigenvalue weighted by Crippen LogP contribution is 2.25. The molecule has 3 heteroatoms. The smallest absolute Gasteiger partial charge is 0.227 e. The molecule has 0 radical (unpaired) electrons. The van der Waals surface area contributed by atoms with E-state index in [2.05, 4.69) is 13.5 Å². The molecule has 1 aliphatic rings. The third-order valence-corrected chi connectivity index (χ3v) is 4.77. The highest BCUT2D eigenvalue weighted by Gasteiger charge is 2.25. The van der Waals surface area contributed by atoms with Gasteiger partial charge in [-0.15, -0.1) is 0 Å². The second-order valence-electron chi connectivity index (χ2n) is 6.60. The lowest BCUT2D eigenvalue weighted by atomic mass is 10.1. The first-order valence-corrected chi connectivity index (χ1v) is 8.89. The van der Waals surface area contributed by atoms with Gasteiger partial charge >= 0.3 is 0 Å². The Kier molecular flexibility index (Phi) is 5.54. The maximum Gasteiger partial charge on any atom is 0.227 e. The number of likely N-dealkylation sites (tertiary alicyclic amines) is 1. The van der Waals surface area contributed by atoms with E-state index in [0.29, 0.717) is 19.1 Å². The summed E-state index contributed by atoms with van der Waals surface area (Å²) >= 11 is 0. The Morgan fingerprint density at radius 1 is 1.28 bits per heavy atom. The first-order chi connectivity index (χ1) is 12.2. The second-order valence-corrected chi connectivity index (χ2v) is 6.60. The van der Waals surface area contributed by atoms with Gasteiger partial charge in [-0.2, -0.15) is 0 Å². The first-order valence-electron chi connectivity index (χ1n) is 8.89. The highest BCUT2D eigenvalue weighted by atomic mass is 16.5. The monoisotopic (exact) mass is 335 g/mol. The van der Waals surface area contributed by atoms with Crippen molar-refractivity contribution in [1.29, 1.82) is 0 Å². The molecular weight excluding hydrogens is 310 g/mol. The molecule has 1 unspecified atom stereocenters. The minimum absolute atomic E-state index is 0.177. The second kappa shape index (κ2) is 8.02. The summed E-state index contributed by atoms with van der Waals surface area (Å²) in [5.41, 5.74) is 3.04. The maximum atomic E-state index is 12.7. The van der Waals surface area contributed by atoms with Gasteiger partial charge < -0.3 is 9.64 Å². The van der Waals surface area contributed by atoms with Crippen LogP contribution in [0.4, 0.5) is 0 Å². The normalized spacial score (nSPS) is 16.7. The average Bonchev–Trinajstić information content (AvgIpc) is 3.07. The minimum atomic E-state index is 0.177. The zero-order valence-corrected chi connectivity index (χ0v) is 14.8. The van der Waals surface area contributed by atoms with Crippen molar-refractivity contribution in [2.24, 2.45) is 0 Å². The summed E-state index contributed by atoms with van der Waals surface area (Å²) in [6.45, 7) is 7.31. The van der Waals surface area contributed by atoms with Crippen LogP contribution >= 0.6 is 0 Å². The fourth-order valence-corrected chi connectivity index (χ4v) is 3.31. The van der Waals surface area contributed by atoms with E-state index in [0.717, 1.165) is 41.8 Å². The van der Waals surface area contributed by atoms with Gasteiger partial charge in [0.25, 0.3) is 0 Å². The van der Waals surface area contributed by atoms with Gasteiger partial charge in [0, 0.05) is 18.2 Å². The average molecular weight is 335 g/mol. The van der Waals surface area contributed by atoms with Gasteiger partial charge in [-0.3, -0.25) is 4.79 Å². The summed E-state index contributed by atoms with van der Waals surface area (Å²) in [6.07, 6.45) is 4.36. The van der Waals surface area contributed by atoms with Crippen molar-refractivity contribution in [3.8, 4) is 5.75 Å². The van der Waals surface area contributed by atoms with E-state index in [1.54, 1.807) is 6.08 Å². The molecule has 3 nitrogen and oxygen atoms in total. The van der Waals surface area contributed by atoms with E-state index in [1.165, 1.54) is 0 Å². The predicted octanol–water partition coefficient (Wildman–Crippen LogP) is 4.46. The van der Waals surface area contributed by atoms with Crippen LogP contribution in [0.15, 0.2) is 55.1 Å². The molecule has 1 atom stereocenters. The van der Waals surface area contributed by atoms with E-state index < -0.39 is 0 Å². The molecule has 1 amide bonds. The van der Waals surface area contributed by atoms with Crippen molar-refractivity contribution in [2.75, 3.05) is 6.54 Å². The number of carbonyl (C=O) groups excluding carboxylic acids is 1. The molecule has 3 rings (SSSR count). The number of hydrogen-bond acceptors (Lipinski definition) is 2. The third-order valence-electron chi connectivity index (χ3n) is 4.77. The number of carbonyl (C=O) groups is 1. The zero-order chi connectivity index (χ0) is 17.6. The van der Waals surface area contributed by atoms with Gasteiger partial charge in [0.1, 0.15) is 12.4 Å². The summed E-state index contributed by atoms with van der Waals surface area (Å²) in [4.78, 5) is 14.7. The van der Waals surface area contributed by atoms with Crippen LogP contribution in [0, 0.1) is 0 Å². The van der Waals surface area contributed by atoms with E-state index in [-0.39, 0.29) is 5.91 Å². The molecule has 1 saturated heterocycles.